The van der Waals surface area contributed by atoms with Crippen LogP contribution >= 0.6 is 0 Å². The Morgan fingerprint density at radius 2 is 2.24 bits per heavy atom. The van der Waals surface area contributed by atoms with E-state index in [1.165, 1.54) is 19.2 Å². The molecule has 0 aromatic carbocycles. The molecule has 0 fully saturated rings. The summed E-state index contributed by atoms with van der Waals surface area (Å²) >= 11 is 0. The molecular weight excluding hydrogens is 276 g/mol. The van der Waals surface area contributed by atoms with E-state index in [1.54, 1.807) is 6.07 Å². The van der Waals surface area contributed by atoms with Crippen molar-refractivity contribution in [1.82, 2.24) is 4.98 Å². The number of rotatable bonds is 6. The van der Waals surface area contributed by atoms with Gasteiger partial charge in [-0.05, 0) is 18.4 Å². The summed E-state index contributed by atoms with van der Waals surface area (Å²) in [5, 5.41) is 22.5. The number of nitrogens with one attached hydrogen (secondary N) is 1. The molecule has 1 unspecified atom stereocenters. The van der Waals surface area contributed by atoms with Gasteiger partial charge < -0.3 is 10.1 Å². The Balaban J connectivity index is 3.02. The molecule has 0 aliphatic carbocycles. The van der Waals surface area contributed by atoms with Crippen LogP contribution in [0.15, 0.2) is 12.1 Å². The molecule has 1 aromatic rings. The zero-order valence-electron chi connectivity index (χ0n) is 12.0. The van der Waals surface area contributed by atoms with Crippen LogP contribution in [-0.2, 0) is 9.53 Å². The van der Waals surface area contributed by atoms with Gasteiger partial charge in [-0.3, -0.25) is 10.1 Å². The SMILES string of the molecule is COC(=O)C(CC(C)C)Nc1ccc([N+](=O)[O-])c(C#N)n1. The minimum absolute atomic E-state index is 0.216. The van der Waals surface area contributed by atoms with Crippen LogP contribution in [0.1, 0.15) is 26.0 Å². The minimum Gasteiger partial charge on any atom is -0.467 e. The van der Waals surface area contributed by atoms with Crippen LogP contribution in [0.25, 0.3) is 0 Å². The fourth-order valence-corrected chi connectivity index (χ4v) is 1.77. The van der Waals surface area contributed by atoms with Gasteiger partial charge in [0.25, 0.3) is 0 Å². The number of aromatic nitrogens is 1. The van der Waals surface area contributed by atoms with Gasteiger partial charge in [-0.2, -0.15) is 5.26 Å². The van der Waals surface area contributed by atoms with Crippen LogP contribution in [0, 0.1) is 27.4 Å². The number of anilines is 1. The second kappa shape index (κ2) is 7.19. The third-order valence-electron chi connectivity index (χ3n) is 2.69. The Bertz CT molecular complexity index is 580. The maximum atomic E-state index is 11.7. The quantitative estimate of drug-likeness (QED) is 0.483. The van der Waals surface area contributed by atoms with Crippen molar-refractivity contribution in [1.29, 1.82) is 5.26 Å². The molecule has 1 heterocycles. The lowest BCUT2D eigenvalue weighted by Crippen LogP contribution is -2.32. The molecule has 0 spiro atoms. The molecule has 112 valence electrons. The molecule has 0 radical (unpaired) electrons. The van der Waals surface area contributed by atoms with Gasteiger partial charge in [0.15, 0.2) is 0 Å². The second-order valence-corrected chi connectivity index (χ2v) is 4.78. The lowest BCUT2D eigenvalue weighted by Gasteiger charge is -2.18. The van der Waals surface area contributed by atoms with E-state index in [2.05, 4.69) is 10.3 Å². The van der Waals surface area contributed by atoms with Gasteiger partial charge in [0.1, 0.15) is 17.9 Å². The maximum Gasteiger partial charge on any atom is 0.328 e. The van der Waals surface area contributed by atoms with Crippen molar-refractivity contribution >= 4 is 17.5 Å². The van der Waals surface area contributed by atoms with Crippen molar-refractivity contribution in [2.75, 3.05) is 12.4 Å². The monoisotopic (exact) mass is 292 g/mol. The number of hydrogen-bond acceptors (Lipinski definition) is 7. The second-order valence-electron chi connectivity index (χ2n) is 4.78. The summed E-state index contributed by atoms with van der Waals surface area (Å²) in [5.41, 5.74) is -0.681. The highest BCUT2D eigenvalue weighted by molar-refractivity contribution is 5.78. The summed E-state index contributed by atoms with van der Waals surface area (Å²) in [5.74, 6) is -0.00866. The molecule has 1 atom stereocenters. The Morgan fingerprint density at radius 3 is 2.71 bits per heavy atom. The summed E-state index contributed by atoms with van der Waals surface area (Å²) < 4.78 is 4.70. The number of methoxy groups -OCH3 is 1. The smallest absolute Gasteiger partial charge is 0.328 e. The van der Waals surface area contributed by atoms with Crippen LogP contribution < -0.4 is 5.32 Å². The third kappa shape index (κ3) is 4.42. The van der Waals surface area contributed by atoms with Gasteiger partial charge in [-0.25, -0.2) is 9.78 Å². The average molecular weight is 292 g/mol. The van der Waals surface area contributed by atoms with Crippen LogP contribution in [0.5, 0.6) is 0 Å². The van der Waals surface area contributed by atoms with Crippen molar-refractivity contribution in [3.05, 3.63) is 27.9 Å². The largest absolute Gasteiger partial charge is 0.467 e. The Labute approximate surface area is 121 Å². The zero-order chi connectivity index (χ0) is 16.0. The van der Waals surface area contributed by atoms with Crippen LogP contribution in [0.4, 0.5) is 11.5 Å². The first-order chi connectivity index (χ1) is 9.88. The number of esters is 1. The van der Waals surface area contributed by atoms with Crippen molar-refractivity contribution in [2.45, 2.75) is 26.3 Å². The maximum absolute atomic E-state index is 11.7. The van der Waals surface area contributed by atoms with Crippen molar-refractivity contribution in [3.63, 3.8) is 0 Å². The molecule has 0 bridgehead atoms. The Kier molecular flexibility index (Phi) is 5.60. The first-order valence-corrected chi connectivity index (χ1v) is 6.29. The van der Waals surface area contributed by atoms with Crippen molar-refractivity contribution in [2.24, 2.45) is 5.92 Å². The normalized spacial score (nSPS) is 11.6. The van der Waals surface area contributed by atoms with Gasteiger partial charge in [-0.1, -0.05) is 13.8 Å². The lowest BCUT2D eigenvalue weighted by atomic mass is 10.0. The van der Waals surface area contributed by atoms with E-state index in [4.69, 9.17) is 10.00 Å². The molecule has 21 heavy (non-hydrogen) atoms. The lowest BCUT2D eigenvalue weighted by molar-refractivity contribution is -0.385. The minimum atomic E-state index is -0.679. The predicted molar refractivity (Wildman–Crippen MR) is 74.5 cm³/mol. The molecule has 1 N–H and O–H groups in total. The Morgan fingerprint density at radius 1 is 1.57 bits per heavy atom. The molecular formula is C13H16N4O4. The molecule has 1 rings (SSSR count). The van der Waals surface area contributed by atoms with Gasteiger partial charge in [0.05, 0.1) is 12.0 Å². The van der Waals surface area contributed by atoms with E-state index in [-0.39, 0.29) is 23.1 Å². The highest BCUT2D eigenvalue weighted by atomic mass is 16.6. The number of carbonyl (C=O) groups excluding carboxylic acids is 1. The number of hydrogen-bond donors (Lipinski definition) is 1. The highest BCUT2D eigenvalue weighted by Gasteiger charge is 2.22. The van der Waals surface area contributed by atoms with Crippen LogP contribution in [-0.4, -0.2) is 29.0 Å². The number of nitriles is 1. The van der Waals surface area contributed by atoms with E-state index < -0.39 is 16.9 Å². The molecule has 8 nitrogen and oxygen atoms in total. The molecule has 8 heteroatoms. The van der Waals surface area contributed by atoms with E-state index in [9.17, 15) is 14.9 Å². The number of nitro groups is 1. The van der Waals surface area contributed by atoms with Crippen LogP contribution in [0.2, 0.25) is 0 Å². The average Bonchev–Trinajstić information content (AvgIpc) is 2.44. The molecule has 1 aromatic heterocycles. The summed E-state index contributed by atoms with van der Waals surface area (Å²) in [6, 6.07) is 3.57. The number of carbonyl (C=O) groups is 1. The molecule has 0 aliphatic rings. The highest BCUT2D eigenvalue weighted by Crippen LogP contribution is 2.19. The van der Waals surface area contributed by atoms with Gasteiger partial charge >= 0.3 is 11.7 Å². The third-order valence-corrected chi connectivity index (χ3v) is 2.69. The molecule has 0 saturated heterocycles. The number of ether oxygens (including phenoxy) is 1. The van der Waals surface area contributed by atoms with E-state index in [1.807, 2.05) is 13.8 Å². The standard InChI is InChI=1S/C13H16N4O4/c1-8(2)6-9(13(18)21-3)15-12-5-4-11(17(19)20)10(7-14)16-12/h4-5,8-9H,6H2,1-3H3,(H,15,16). The fraction of sp³-hybridized carbons (Fsp3) is 0.462. The number of pyridine rings is 1. The Hall–Kier alpha value is -2.69. The van der Waals surface area contributed by atoms with E-state index in [0.29, 0.717) is 6.42 Å². The summed E-state index contributed by atoms with van der Waals surface area (Å²) in [6.45, 7) is 3.89. The predicted octanol–water partition coefficient (Wildman–Crippen LogP) is 1.86. The summed E-state index contributed by atoms with van der Waals surface area (Å²) in [7, 11) is 1.28. The first kappa shape index (κ1) is 16.4. The molecule has 0 aliphatic heterocycles. The van der Waals surface area contributed by atoms with Crippen molar-refractivity contribution in [3.8, 4) is 6.07 Å². The topological polar surface area (TPSA) is 118 Å². The van der Waals surface area contributed by atoms with E-state index in [0.717, 1.165) is 0 Å². The summed E-state index contributed by atoms with van der Waals surface area (Å²) in [4.78, 5) is 25.6. The van der Waals surface area contributed by atoms with Crippen LogP contribution in [0.3, 0.4) is 0 Å². The first-order valence-electron chi connectivity index (χ1n) is 6.29. The van der Waals surface area contributed by atoms with Gasteiger partial charge in [0, 0.05) is 6.07 Å². The zero-order valence-corrected chi connectivity index (χ0v) is 12.0. The van der Waals surface area contributed by atoms with Gasteiger partial charge in [0.2, 0.25) is 5.69 Å². The summed E-state index contributed by atoms with van der Waals surface area (Å²) in [6.07, 6.45) is 0.507. The molecule has 0 amide bonds. The van der Waals surface area contributed by atoms with Gasteiger partial charge in [-0.15, -0.1) is 0 Å². The molecule has 0 saturated carbocycles. The fourth-order valence-electron chi connectivity index (χ4n) is 1.77. The van der Waals surface area contributed by atoms with E-state index >= 15 is 0 Å². The van der Waals surface area contributed by atoms with Crippen molar-refractivity contribution < 1.29 is 14.5 Å². The number of nitrogens with zero attached hydrogens (tertiary/aromatic N) is 3.